The van der Waals surface area contributed by atoms with Crippen LogP contribution in [0.25, 0.3) is 22.4 Å². The number of benzene rings is 1. The quantitative estimate of drug-likeness (QED) is 0.723. The first-order valence-corrected chi connectivity index (χ1v) is 6.69. The molecule has 2 heterocycles. The van der Waals surface area contributed by atoms with Crippen LogP contribution in [0.3, 0.4) is 0 Å². The SMILES string of the molecule is Cc1cc(=O)c(-c2nc3c(C)cc(Br)cc3[nH]2)c[nH]1. The number of hydrogen-bond donors (Lipinski definition) is 2. The zero-order chi connectivity index (χ0) is 13.6. The fourth-order valence-corrected chi connectivity index (χ4v) is 2.70. The van der Waals surface area contributed by atoms with Crippen LogP contribution in [0.15, 0.2) is 33.7 Å². The van der Waals surface area contributed by atoms with Crippen LogP contribution in [0.1, 0.15) is 11.3 Å². The molecule has 0 unspecified atom stereocenters. The normalized spacial score (nSPS) is 11.1. The highest BCUT2D eigenvalue weighted by Crippen LogP contribution is 2.24. The molecule has 0 atom stereocenters. The van der Waals surface area contributed by atoms with Gasteiger partial charge in [-0.2, -0.15) is 0 Å². The summed E-state index contributed by atoms with van der Waals surface area (Å²) in [5.41, 5.74) is 4.23. The molecule has 0 aliphatic heterocycles. The lowest BCUT2D eigenvalue weighted by Crippen LogP contribution is -2.05. The average molecular weight is 318 g/mol. The van der Waals surface area contributed by atoms with Crippen LogP contribution in [0.5, 0.6) is 0 Å². The molecule has 0 bridgehead atoms. The van der Waals surface area contributed by atoms with Crippen LogP contribution in [-0.2, 0) is 0 Å². The number of hydrogen-bond acceptors (Lipinski definition) is 2. The molecular weight excluding hydrogens is 306 g/mol. The Balaban J connectivity index is 2.26. The van der Waals surface area contributed by atoms with Crippen molar-refractivity contribution in [3.8, 4) is 11.4 Å². The predicted molar refractivity (Wildman–Crippen MR) is 79.3 cm³/mol. The zero-order valence-corrected chi connectivity index (χ0v) is 12.1. The smallest absolute Gasteiger partial charge is 0.192 e. The molecule has 2 aromatic heterocycles. The molecule has 0 spiro atoms. The summed E-state index contributed by atoms with van der Waals surface area (Å²) in [6.45, 7) is 3.85. The molecular formula is C14H12BrN3O. The maximum atomic E-state index is 12.0. The van der Waals surface area contributed by atoms with Crippen molar-refractivity contribution in [2.45, 2.75) is 13.8 Å². The Labute approximate surface area is 118 Å². The largest absolute Gasteiger partial charge is 0.364 e. The topological polar surface area (TPSA) is 61.5 Å². The van der Waals surface area contributed by atoms with Crippen LogP contribution >= 0.6 is 15.9 Å². The molecule has 0 aliphatic carbocycles. The van der Waals surface area contributed by atoms with Gasteiger partial charge in [0, 0.05) is 22.4 Å². The maximum absolute atomic E-state index is 12.0. The number of nitrogens with one attached hydrogen (secondary N) is 2. The summed E-state index contributed by atoms with van der Waals surface area (Å²) in [5.74, 6) is 0.595. The van der Waals surface area contributed by atoms with E-state index in [1.54, 1.807) is 12.3 Å². The van der Waals surface area contributed by atoms with E-state index in [1.807, 2.05) is 26.0 Å². The van der Waals surface area contributed by atoms with Gasteiger partial charge in [-0.05, 0) is 31.5 Å². The minimum atomic E-state index is -0.0352. The number of rotatable bonds is 1. The highest BCUT2D eigenvalue weighted by molar-refractivity contribution is 9.10. The molecule has 3 aromatic rings. The van der Waals surface area contributed by atoms with Crippen molar-refractivity contribution in [3.63, 3.8) is 0 Å². The predicted octanol–water partition coefficient (Wildman–Crippen LogP) is 3.30. The molecule has 1 aromatic carbocycles. The third-order valence-corrected chi connectivity index (χ3v) is 3.51. The van der Waals surface area contributed by atoms with Crippen molar-refractivity contribution in [1.82, 2.24) is 15.0 Å². The second-order valence-corrected chi connectivity index (χ2v) is 5.51. The minimum absolute atomic E-state index is 0.0352. The third-order valence-electron chi connectivity index (χ3n) is 3.05. The number of aryl methyl sites for hydroxylation is 2. The number of halogens is 1. The Morgan fingerprint density at radius 1 is 1.21 bits per heavy atom. The molecule has 2 N–H and O–H groups in total. The van der Waals surface area contributed by atoms with Gasteiger partial charge in [-0.25, -0.2) is 4.98 Å². The molecule has 4 nitrogen and oxygen atoms in total. The summed E-state index contributed by atoms with van der Waals surface area (Å²) in [4.78, 5) is 22.7. The molecule has 0 saturated heterocycles. The van der Waals surface area contributed by atoms with Crippen LogP contribution in [0, 0.1) is 13.8 Å². The van der Waals surface area contributed by atoms with Crippen molar-refractivity contribution in [1.29, 1.82) is 0 Å². The molecule has 0 radical (unpaired) electrons. The van der Waals surface area contributed by atoms with E-state index in [-0.39, 0.29) is 5.43 Å². The lowest BCUT2D eigenvalue weighted by molar-refractivity contribution is 1.17. The van der Waals surface area contributed by atoms with Gasteiger partial charge in [0.2, 0.25) is 0 Å². The fourth-order valence-electron chi connectivity index (χ4n) is 2.13. The van der Waals surface area contributed by atoms with Crippen LogP contribution in [0.2, 0.25) is 0 Å². The van der Waals surface area contributed by atoms with Crippen LogP contribution in [0.4, 0.5) is 0 Å². The molecule has 0 amide bonds. The monoisotopic (exact) mass is 317 g/mol. The zero-order valence-electron chi connectivity index (χ0n) is 10.5. The summed E-state index contributed by atoms with van der Waals surface area (Å²) >= 11 is 3.46. The lowest BCUT2D eigenvalue weighted by Gasteiger charge is -1.96. The highest BCUT2D eigenvalue weighted by atomic mass is 79.9. The van der Waals surface area contributed by atoms with E-state index in [9.17, 15) is 4.79 Å². The van der Waals surface area contributed by atoms with Gasteiger partial charge in [0.25, 0.3) is 0 Å². The number of aromatic amines is 2. The highest BCUT2D eigenvalue weighted by Gasteiger charge is 2.10. The fraction of sp³-hybridized carbons (Fsp3) is 0.143. The van der Waals surface area contributed by atoms with Crippen molar-refractivity contribution in [2.24, 2.45) is 0 Å². The van der Waals surface area contributed by atoms with E-state index in [2.05, 4.69) is 30.9 Å². The number of fused-ring (bicyclic) bond motifs is 1. The molecule has 0 aliphatic rings. The molecule has 3 rings (SSSR count). The average Bonchev–Trinajstić information content (AvgIpc) is 2.72. The minimum Gasteiger partial charge on any atom is -0.364 e. The first-order valence-electron chi connectivity index (χ1n) is 5.90. The van der Waals surface area contributed by atoms with Crippen LogP contribution in [-0.4, -0.2) is 15.0 Å². The summed E-state index contributed by atoms with van der Waals surface area (Å²) in [7, 11) is 0. The molecule has 0 saturated carbocycles. The Bertz CT molecular complexity index is 832. The van der Waals surface area contributed by atoms with Crippen molar-refractivity contribution in [3.05, 3.63) is 50.3 Å². The van der Waals surface area contributed by atoms with Crippen molar-refractivity contribution >= 4 is 27.0 Å². The molecule has 5 heteroatoms. The maximum Gasteiger partial charge on any atom is 0.192 e. The lowest BCUT2D eigenvalue weighted by atomic mass is 10.2. The van der Waals surface area contributed by atoms with Gasteiger partial charge < -0.3 is 9.97 Å². The third kappa shape index (κ3) is 2.10. The molecule has 19 heavy (non-hydrogen) atoms. The summed E-state index contributed by atoms with van der Waals surface area (Å²) in [6, 6.07) is 5.54. The van der Waals surface area contributed by atoms with Gasteiger partial charge in [0.15, 0.2) is 5.43 Å². The Morgan fingerprint density at radius 2 is 2.00 bits per heavy atom. The van der Waals surface area contributed by atoms with E-state index < -0.39 is 0 Å². The van der Waals surface area contributed by atoms with Gasteiger partial charge >= 0.3 is 0 Å². The van der Waals surface area contributed by atoms with Gasteiger partial charge in [0.1, 0.15) is 5.82 Å². The number of aromatic nitrogens is 3. The van der Waals surface area contributed by atoms with E-state index in [0.29, 0.717) is 11.4 Å². The Morgan fingerprint density at radius 3 is 2.74 bits per heavy atom. The Hall–Kier alpha value is -1.88. The first kappa shape index (κ1) is 12.2. The van der Waals surface area contributed by atoms with Gasteiger partial charge in [-0.3, -0.25) is 4.79 Å². The van der Waals surface area contributed by atoms with Gasteiger partial charge in [-0.1, -0.05) is 15.9 Å². The van der Waals surface area contributed by atoms with E-state index in [1.165, 1.54) is 0 Å². The second kappa shape index (κ2) is 4.35. The molecule has 0 fully saturated rings. The Kier molecular flexibility index (Phi) is 2.78. The summed E-state index contributed by atoms with van der Waals surface area (Å²) < 4.78 is 0.991. The van der Waals surface area contributed by atoms with Crippen molar-refractivity contribution < 1.29 is 0 Å². The number of imidazole rings is 1. The summed E-state index contributed by atoms with van der Waals surface area (Å²) in [6.07, 6.45) is 1.69. The number of nitrogens with zero attached hydrogens (tertiary/aromatic N) is 1. The number of H-pyrrole nitrogens is 2. The van der Waals surface area contributed by atoms with Crippen LogP contribution < -0.4 is 5.43 Å². The summed E-state index contributed by atoms with van der Waals surface area (Å²) in [5, 5.41) is 0. The van der Waals surface area contributed by atoms with Gasteiger partial charge in [0.05, 0.1) is 16.6 Å². The van der Waals surface area contributed by atoms with E-state index >= 15 is 0 Å². The van der Waals surface area contributed by atoms with Crippen molar-refractivity contribution in [2.75, 3.05) is 0 Å². The van der Waals surface area contributed by atoms with E-state index in [4.69, 9.17) is 0 Å². The second-order valence-electron chi connectivity index (χ2n) is 4.60. The molecule has 96 valence electrons. The number of pyridine rings is 1. The first-order chi connectivity index (χ1) is 9.04. The van der Waals surface area contributed by atoms with E-state index in [0.717, 1.165) is 26.8 Å². The standard InChI is InChI=1S/C14H12BrN3O/c1-7-3-9(15)5-11-13(7)18-14(17-11)10-6-16-8(2)4-12(10)19/h3-6H,1-2H3,(H,16,19)(H,17,18). The van der Waals surface area contributed by atoms with Gasteiger partial charge in [-0.15, -0.1) is 0 Å².